The molecule has 0 aromatic heterocycles. The summed E-state index contributed by atoms with van der Waals surface area (Å²) >= 11 is 0. The Hall–Kier alpha value is -1.49. The summed E-state index contributed by atoms with van der Waals surface area (Å²) in [6, 6.07) is 1.94. The monoisotopic (exact) mass is 187 g/mol. The van der Waals surface area contributed by atoms with Crippen molar-refractivity contribution in [2.45, 2.75) is 6.61 Å². The number of nitrogens with two attached hydrogens (primary N) is 1. The normalized spacial score (nSPS) is 10.1. The zero-order valence-corrected chi connectivity index (χ0v) is 6.55. The third-order valence-electron chi connectivity index (χ3n) is 1.59. The van der Waals surface area contributed by atoms with Crippen molar-refractivity contribution in [1.29, 1.82) is 0 Å². The molecule has 5 heteroatoms. The molecule has 13 heavy (non-hydrogen) atoms. The minimum atomic E-state index is -1.19. The molecule has 1 aromatic rings. The maximum absolute atomic E-state index is 13.1. The maximum atomic E-state index is 13.1. The molecular weight excluding hydrogens is 180 g/mol. The summed E-state index contributed by atoms with van der Waals surface area (Å²) in [5, 5.41) is 8.60. The Morgan fingerprint density at radius 3 is 2.54 bits per heavy atom. The van der Waals surface area contributed by atoms with E-state index in [0.717, 1.165) is 12.1 Å². The number of benzene rings is 1. The number of carbonyl (C=O) groups excluding carboxylic acids is 1. The SMILES string of the molecule is NC(=O)c1c(F)ccc(CO)c1F. The molecule has 0 saturated carbocycles. The van der Waals surface area contributed by atoms with Gasteiger partial charge in [-0.1, -0.05) is 6.07 Å². The number of rotatable bonds is 2. The lowest BCUT2D eigenvalue weighted by molar-refractivity contribution is 0.0991. The standard InChI is InChI=1S/C8H7F2NO2/c9-5-2-1-4(3-12)7(10)6(5)8(11)13/h1-2,12H,3H2,(H2,11,13). The summed E-state index contributed by atoms with van der Waals surface area (Å²) in [6.45, 7) is -0.605. The van der Waals surface area contributed by atoms with E-state index in [1.54, 1.807) is 0 Å². The highest BCUT2D eigenvalue weighted by atomic mass is 19.1. The van der Waals surface area contributed by atoms with Crippen LogP contribution in [0.25, 0.3) is 0 Å². The Labute approximate surface area is 72.8 Å². The van der Waals surface area contributed by atoms with E-state index in [1.807, 2.05) is 0 Å². The third-order valence-corrected chi connectivity index (χ3v) is 1.59. The molecule has 0 aliphatic rings. The van der Waals surface area contributed by atoms with Crippen LogP contribution in [0.15, 0.2) is 12.1 Å². The van der Waals surface area contributed by atoms with Gasteiger partial charge in [0.15, 0.2) is 0 Å². The van der Waals surface area contributed by atoms with Crippen LogP contribution in [-0.2, 0) is 6.61 Å². The van der Waals surface area contributed by atoms with E-state index in [9.17, 15) is 13.6 Å². The van der Waals surface area contributed by atoms with E-state index in [4.69, 9.17) is 10.8 Å². The first-order valence-electron chi connectivity index (χ1n) is 3.45. The molecule has 1 rings (SSSR count). The number of aliphatic hydroxyl groups excluding tert-OH is 1. The molecule has 0 heterocycles. The second-order valence-electron chi connectivity index (χ2n) is 2.42. The summed E-state index contributed by atoms with van der Waals surface area (Å²) in [6.07, 6.45) is 0. The fourth-order valence-electron chi connectivity index (χ4n) is 0.944. The summed E-state index contributed by atoms with van der Waals surface area (Å²) in [7, 11) is 0. The third kappa shape index (κ3) is 1.65. The predicted molar refractivity (Wildman–Crippen MR) is 40.8 cm³/mol. The molecule has 0 fully saturated rings. The van der Waals surface area contributed by atoms with Crippen LogP contribution in [0.3, 0.4) is 0 Å². The van der Waals surface area contributed by atoms with Crippen molar-refractivity contribution < 1.29 is 18.7 Å². The Balaban J connectivity index is 3.38. The van der Waals surface area contributed by atoms with Crippen molar-refractivity contribution in [2.24, 2.45) is 5.73 Å². The summed E-state index contributed by atoms with van der Waals surface area (Å²) < 4.78 is 25.9. The zero-order valence-electron chi connectivity index (χ0n) is 6.55. The molecule has 0 aliphatic carbocycles. The minimum Gasteiger partial charge on any atom is -0.392 e. The number of halogens is 2. The van der Waals surface area contributed by atoms with Gasteiger partial charge >= 0.3 is 0 Å². The number of primary amides is 1. The van der Waals surface area contributed by atoms with Gasteiger partial charge in [-0.15, -0.1) is 0 Å². The highest BCUT2D eigenvalue weighted by Gasteiger charge is 2.17. The van der Waals surface area contributed by atoms with Crippen molar-refractivity contribution in [3.63, 3.8) is 0 Å². The van der Waals surface area contributed by atoms with E-state index in [1.165, 1.54) is 0 Å². The van der Waals surface area contributed by atoms with E-state index in [0.29, 0.717) is 0 Å². The highest BCUT2D eigenvalue weighted by molar-refractivity contribution is 5.93. The molecule has 3 nitrogen and oxygen atoms in total. The lowest BCUT2D eigenvalue weighted by atomic mass is 10.1. The van der Waals surface area contributed by atoms with Gasteiger partial charge in [0.25, 0.3) is 5.91 Å². The fourth-order valence-corrected chi connectivity index (χ4v) is 0.944. The molecule has 70 valence electrons. The molecule has 0 unspecified atom stereocenters. The van der Waals surface area contributed by atoms with Gasteiger partial charge < -0.3 is 10.8 Å². The highest BCUT2D eigenvalue weighted by Crippen LogP contribution is 2.16. The molecule has 0 aliphatic heterocycles. The van der Waals surface area contributed by atoms with Crippen molar-refractivity contribution in [2.75, 3.05) is 0 Å². The fraction of sp³-hybridized carbons (Fsp3) is 0.125. The zero-order chi connectivity index (χ0) is 10.0. The van der Waals surface area contributed by atoms with Crippen LogP contribution in [0.4, 0.5) is 8.78 Å². The van der Waals surface area contributed by atoms with Crippen molar-refractivity contribution in [1.82, 2.24) is 0 Å². The number of aliphatic hydroxyl groups is 1. The minimum absolute atomic E-state index is 0.157. The number of hydrogen-bond acceptors (Lipinski definition) is 2. The van der Waals surface area contributed by atoms with Crippen molar-refractivity contribution in [3.05, 3.63) is 34.9 Å². The van der Waals surface area contributed by atoms with Gasteiger partial charge in [-0.05, 0) is 6.07 Å². The van der Waals surface area contributed by atoms with Crippen LogP contribution < -0.4 is 5.73 Å². The van der Waals surface area contributed by atoms with E-state index in [2.05, 4.69) is 0 Å². The average molecular weight is 187 g/mol. The van der Waals surface area contributed by atoms with Crippen LogP contribution >= 0.6 is 0 Å². The van der Waals surface area contributed by atoms with Gasteiger partial charge in [-0.25, -0.2) is 8.78 Å². The molecule has 0 radical (unpaired) electrons. The van der Waals surface area contributed by atoms with Crippen molar-refractivity contribution in [3.8, 4) is 0 Å². The Bertz CT molecular complexity index is 352. The van der Waals surface area contributed by atoms with E-state index >= 15 is 0 Å². The quantitative estimate of drug-likeness (QED) is 0.710. The average Bonchev–Trinajstić information content (AvgIpc) is 2.04. The summed E-state index contributed by atoms with van der Waals surface area (Å²) in [5.41, 5.74) is 3.77. The van der Waals surface area contributed by atoms with Gasteiger partial charge in [0.2, 0.25) is 0 Å². The largest absolute Gasteiger partial charge is 0.392 e. The Morgan fingerprint density at radius 1 is 1.46 bits per heavy atom. The van der Waals surface area contributed by atoms with Crippen LogP contribution in [0.1, 0.15) is 15.9 Å². The summed E-state index contributed by atoms with van der Waals surface area (Å²) in [5.74, 6) is -3.32. The van der Waals surface area contributed by atoms with E-state index in [-0.39, 0.29) is 5.56 Å². The van der Waals surface area contributed by atoms with Crippen LogP contribution in [0.5, 0.6) is 0 Å². The first-order valence-corrected chi connectivity index (χ1v) is 3.45. The molecule has 0 atom stereocenters. The molecule has 3 N–H and O–H groups in total. The topological polar surface area (TPSA) is 63.3 Å². The predicted octanol–water partition coefficient (Wildman–Crippen LogP) is 0.556. The molecule has 0 bridgehead atoms. The molecular formula is C8H7F2NO2. The first-order chi connectivity index (χ1) is 6.07. The van der Waals surface area contributed by atoms with Gasteiger partial charge in [0.05, 0.1) is 6.61 Å². The summed E-state index contributed by atoms with van der Waals surface area (Å²) in [4.78, 5) is 10.6. The molecule has 1 amide bonds. The van der Waals surface area contributed by atoms with Gasteiger partial charge in [0.1, 0.15) is 17.2 Å². The van der Waals surface area contributed by atoms with Gasteiger partial charge in [-0.2, -0.15) is 0 Å². The number of carbonyl (C=O) groups is 1. The lowest BCUT2D eigenvalue weighted by Gasteiger charge is -2.03. The van der Waals surface area contributed by atoms with Crippen LogP contribution in [-0.4, -0.2) is 11.0 Å². The van der Waals surface area contributed by atoms with Crippen molar-refractivity contribution >= 4 is 5.91 Å². The molecule has 1 aromatic carbocycles. The van der Waals surface area contributed by atoms with E-state index < -0.39 is 29.7 Å². The Morgan fingerprint density at radius 2 is 2.08 bits per heavy atom. The Kier molecular flexibility index (Phi) is 2.57. The second kappa shape index (κ2) is 3.49. The smallest absolute Gasteiger partial charge is 0.254 e. The van der Waals surface area contributed by atoms with Gasteiger partial charge in [0, 0.05) is 5.56 Å². The molecule has 0 saturated heterocycles. The molecule has 0 spiro atoms. The number of amides is 1. The van der Waals surface area contributed by atoms with Gasteiger partial charge in [-0.3, -0.25) is 4.79 Å². The first kappa shape index (κ1) is 9.60. The second-order valence-corrected chi connectivity index (χ2v) is 2.42. The number of hydrogen-bond donors (Lipinski definition) is 2. The lowest BCUT2D eigenvalue weighted by Crippen LogP contribution is -2.16. The van der Waals surface area contributed by atoms with Crippen LogP contribution in [0.2, 0.25) is 0 Å². The maximum Gasteiger partial charge on any atom is 0.254 e. The van der Waals surface area contributed by atoms with Crippen LogP contribution in [0, 0.1) is 11.6 Å².